The molecular formula is C25H18ClN3O3. The van der Waals surface area contributed by atoms with E-state index in [2.05, 4.69) is 10.2 Å². The summed E-state index contributed by atoms with van der Waals surface area (Å²) in [4.78, 5) is 13.4. The molecule has 0 atom stereocenters. The number of furan rings is 1. The van der Waals surface area contributed by atoms with Gasteiger partial charge in [-0.05, 0) is 60.2 Å². The molecule has 0 aliphatic rings. The average Bonchev–Trinajstić information content (AvgIpc) is 3.46. The Balaban J connectivity index is 1.56. The molecule has 32 heavy (non-hydrogen) atoms. The van der Waals surface area contributed by atoms with E-state index in [9.17, 15) is 4.79 Å². The van der Waals surface area contributed by atoms with Crippen LogP contribution >= 0.6 is 11.6 Å². The molecule has 3 heterocycles. The standard InChI is InChI=1S/C25H18ClN3O3/c1-31-18-8-9-22-19(13-18)20(15-29(22)14-16-4-6-17(26)7-5-16)25(30)24-11-10-23(32-24)21-3-2-12-27-28-21/h2-13,15H,14H2,1H3. The number of nitrogens with zero attached hydrogens (tertiary/aromatic N) is 3. The van der Waals surface area contributed by atoms with Crippen LogP contribution in [0.2, 0.25) is 5.02 Å². The van der Waals surface area contributed by atoms with E-state index >= 15 is 0 Å². The first kappa shape index (κ1) is 20.0. The smallest absolute Gasteiger partial charge is 0.230 e. The van der Waals surface area contributed by atoms with Crippen molar-refractivity contribution < 1.29 is 13.9 Å². The van der Waals surface area contributed by atoms with Crippen molar-refractivity contribution in [3.63, 3.8) is 0 Å². The lowest BCUT2D eigenvalue weighted by Gasteiger charge is -2.06. The molecule has 0 saturated carbocycles. The Labute approximate surface area is 189 Å². The van der Waals surface area contributed by atoms with Crippen molar-refractivity contribution in [2.24, 2.45) is 0 Å². The van der Waals surface area contributed by atoms with Gasteiger partial charge in [0.05, 0.1) is 12.7 Å². The lowest BCUT2D eigenvalue weighted by molar-refractivity contribution is 0.101. The molecule has 0 amide bonds. The van der Waals surface area contributed by atoms with Crippen LogP contribution in [-0.4, -0.2) is 27.7 Å². The molecule has 0 fully saturated rings. The highest BCUT2D eigenvalue weighted by molar-refractivity contribution is 6.30. The Morgan fingerprint density at radius 2 is 1.94 bits per heavy atom. The van der Waals surface area contributed by atoms with Crippen molar-refractivity contribution in [1.29, 1.82) is 0 Å². The largest absolute Gasteiger partial charge is 0.497 e. The van der Waals surface area contributed by atoms with Crippen molar-refractivity contribution >= 4 is 28.3 Å². The highest BCUT2D eigenvalue weighted by Gasteiger charge is 2.21. The van der Waals surface area contributed by atoms with Gasteiger partial charge in [0.25, 0.3) is 0 Å². The van der Waals surface area contributed by atoms with Crippen molar-refractivity contribution in [2.45, 2.75) is 6.54 Å². The molecule has 0 aliphatic carbocycles. The number of carbonyl (C=O) groups excluding carboxylic acids is 1. The molecule has 0 spiro atoms. The van der Waals surface area contributed by atoms with E-state index in [1.54, 1.807) is 37.6 Å². The number of ether oxygens (including phenoxy) is 1. The topological polar surface area (TPSA) is 70.2 Å². The molecular weight excluding hydrogens is 426 g/mol. The van der Waals surface area contributed by atoms with Crippen molar-refractivity contribution in [2.75, 3.05) is 7.11 Å². The monoisotopic (exact) mass is 443 g/mol. The zero-order valence-electron chi connectivity index (χ0n) is 17.2. The minimum Gasteiger partial charge on any atom is -0.497 e. The Bertz CT molecular complexity index is 1410. The van der Waals surface area contributed by atoms with Gasteiger partial charge in [-0.25, -0.2) is 0 Å². The van der Waals surface area contributed by atoms with Gasteiger partial charge in [-0.2, -0.15) is 5.10 Å². The first-order valence-electron chi connectivity index (χ1n) is 9.96. The van der Waals surface area contributed by atoms with Crippen molar-refractivity contribution in [1.82, 2.24) is 14.8 Å². The second-order valence-corrected chi connectivity index (χ2v) is 7.72. The van der Waals surface area contributed by atoms with E-state index < -0.39 is 0 Å². The molecule has 158 valence electrons. The predicted molar refractivity (Wildman–Crippen MR) is 122 cm³/mol. The van der Waals surface area contributed by atoms with Crippen LogP contribution in [0.5, 0.6) is 5.75 Å². The summed E-state index contributed by atoms with van der Waals surface area (Å²) in [6.07, 6.45) is 3.44. The molecule has 0 bridgehead atoms. The first-order chi connectivity index (χ1) is 15.6. The van der Waals surface area contributed by atoms with Gasteiger partial charge in [-0.1, -0.05) is 23.7 Å². The van der Waals surface area contributed by atoms with Crippen molar-refractivity contribution in [3.8, 4) is 17.2 Å². The number of benzene rings is 2. The van der Waals surface area contributed by atoms with Gasteiger partial charge in [0.1, 0.15) is 11.4 Å². The van der Waals surface area contributed by atoms with E-state index in [0.29, 0.717) is 34.3 Å². The third kappa shape index (κ3) is 3.76. The molecule has 0 saturated heterocycles. The van der Waals surface area contributed by atoms with Gasteiger partial charge in [0.15, 0.2) is 11.5 Å². The van der Waals surface area contributed by atoms with E-state index in [-0.39, 0.29) is 11.5 Å². The molecule has 6 nitrogen and oxygen atoms in total. The summed E-state index contributed by atoms with van der Waals surface area (Å²) in [7, 11) is 1.60. The number of methoxy groups -OCH3 is 1. The molecule has 2 aromatic carbocycles. The summed E-state index contributed by atoms with van der Waals surface area (Å²) < 4.78 is 13.3. The minimum atomic E-state index is -0.215. The van der Waals surface area contributed by atoms with Crippen LogP contribution in [0.1, 0.15) is 21.7 Å². The van der Waals surface area contributed by atoms with Crippen LogP contribution < -0.4 is 4.74 Å². The molecule has 0 aliphatic heterocycles. The number of hydrogen-bond donors (Lipinski definition) is 0. The lowest BCUT2D eigenvalue weighted by Crippen LogP contribution is -2.00. The average molecular weight is 444 g/mol. The Kier molecular flexibility index (Phi) is 5.21. The van der Waals surface area contributed by atoms with E-state index in [1.807, 2.05) is 53.2 Å². The predicted octanol–water partition coefficient (Wildman–Crippen LogP) is 5.63. The van der Waals surface area contributed by atoms with Gasteiger partial charge in [0.2, 0.25) is 5.78 Å². The number of rotatable bonds is 6. The Morgan fingerprint density at radius 3 is 2.69 bits per heavy atom. The molecule has 0 radical (unpaired) electrons. The fourth-order valence-electron chi connectivity index (χ4n) is 3.66. The summed E-state index contributed by atoms with van der Waals surface area (Å²) in [5, 5.41) is 9.38. The number of hydrogen-bond acceptors (Lipinski definition) is 5. The summed E-state index contributed by atoms with van der Waals surface area (Å²) in [5.41, 5.74) is 3.10. The fraction of sp³-hybridized carbons (Fsp3) is 0.0800. The number of ketones is 1. The van der Waals surface area contributed by atoms with Gasteiger partial charge >= 0.3 is 0 Å². The molecule has 3 aromatic heterocycles. The van der Waals surface area contributed by atoms with Crippen molar-refractivity contribution in [3.05, 3.63) is 101 Å². The Hall–Kier alpha value is -3.90. The molecule has 5 rings (SSSR count). The van der Waals surface area contributed by atoms with Gasteiger partial charge < -0.3 is 13.7 Å². The normalized spacial score (nSPS) is 11.1. The summed E-state index contributed by atoms with van der Waals surface area (Å²) >= 11 is 6.02. The maximum Gasteiger partial charge on any atom is 0.230 e. The zero-order chi connectivity index (χ0) is 22.1. The summed E-state index contributed by atoms with van der Waals surface area (Å²) in [6.45, 7) is 0.594. The first-order valence-corrected chi connectivity index (χ1v) is 10.3. The van der Waals surface area contributed by atoms with E-state index in [1.165, 1.54) is 0 Å². The highest BCUT2D eigenvalue weighted by atomic mass is 35.5. The highest BCUT2D eigenvalue weighted by Crippen LogP contribution is 2.30. The van der Waals surface area contributed by atoms with Gasteiger partial charge in [-0.15, -0.1) is 5.10 Å². The zero-order valence-corrected chi connectivity index (χ0v) is 17.9. The lowest BCUT2D eigenvalue weighted by atomic mass is 10.1. The molecule has 0 N–H and O–H groups in total. The van der Waals surface area contributed by atoms with Gasteiger partial charge in [-0.3, -0.25) is 4.79 Å². The molecule has 7 heteroatoms. The van der Waals surface area contributed by atoms with Crippen LogP contribution in [0.15, 0.2) is 83.5 Å². The molecule has 5 aromatic rings. The molecule has 0 unspecified atom stereocenters. The summed E-state index contributed by atoms with van der Waals surface area (Å²) in [5.74, 6) is 1.19. The SMILES string of the molecule is COc1ccc2c(c1)c(C(=O)c1ccc(-c3cccnn3)o1)cn2Cc1ccc(Cl)cc1. The van der Waals surface area contributed by atoms with E-state index in [0.717, 1.165) is 16.5 Å². The minimum absolute atomic E-state index is 0.215. The van der Waals surface area contributed by atoms with Gasteiger partial charge in [0, 0.05) is 34.9 Å². The number of fused-ring (bicyclic) bond motifs is 1. The number of carbonyl (C=O) groups is 1. The number of aromatic nitrogens is 3. The number of halogens is 1. The second kappa shape index (κ2) is 8.32. The fourth-order valence-corrected chi connectivity index (χ4v) is 3.79. The van der Waals surface area contributed by atoms with Crippen LogP contribution in [0.25, 0.3) is 22.4 Å². The van der Waals surface area contributed by atoms with Crippen LogP contribution in [0.3, 0.4) is 0 Å². The maximum absolute atomic E-state index is 13.4. The maximum atomic E-state index is 13.4. The van der Waals surface area contributed by atoms with Crippen LogP contribution in [0, 0.1) is 0 Å². The van der Waals surface area contributed by atoms with E-state index in [4.69, 9.17) is 20.8 Å². The van der Waals surface area contributed by atoms with Crippen LogP contribution in [0.4, 0.5) is 0 Å². The quantitative estimate of drug-likeness (QED) is 0.318. The third-order valence-electron chi connectivity index (χ3n) is 5.25. The Morgan fingerprint density at radius 1 is 1.09 bits per heavy atom. The van der Waals surface area contributed by atoms with Crippen LogP contribution in [-0.2, 0) is 6.54 Å². The third-order valence-corrected chi connectivity index (χ3v) is 5.51. The second-order valence-electron chi connectivity index (χ2n) is 7.28. The summed E-state index contributed by atoms with van der Waals surface area (Å²) in [6, 6.07) is 20.3.